The normalized spacial score (nSPS) is 14.3. The molecule has 14 heteroatoms. The van der Waals surface area contributed by atoms with E-state index in [0.29, 0.717) is 31.5 Å². The highest BCUT2D eigenvalue weighted by atomic mass is 16.4. The van der Waals surface area contributed by atoms with Crippen LogP contribution >= 0.6 is 0 Å². The molecular weight excluding hydrogens is 484 g/mol. The van der Waals surface area contributed by atoms with Crippen LogP contribution in [-0.2, 0) is 30.4 Å². The van der Waals surface area contributed by atoms with Gasteiger partial charge in [0.1, 0.15) is 18.1 Å². The van der Waals surface area contributed by atoms with E-state index in [0.717, 1.165) is 0 Å². The Morgan fingerprint density at radius 1 is 0.973 bits per heavy atom. The number of carboxylic acid groups (broad SMARTS) is 1. The number of nitrogens with zero attached hydrogens (tertiary/aromatic N) is 1. The second-order valence-corrected chi connectivity index (χ2v) is 9.33. The molecule has 11 N–H and O–H groups in total. The maximum atomic E-state index is 13.1. The zero-order chi connectivity index (χ0) is 28.0. The number of hydrogen-bond acceptors (Lipinski definition) is 8. The van der Waals surface area contributed by atoms with Gasteiger partial charge in [0.15, 0.2) is 0 Å². The lowest BCUT2D eigenvalue weighted by atomic mass is 10.0. The minimum atomic E-state index is -1.32. The van der Waals surface area contributed by atoms with Crippen LogP contribution in [0.5, 0.6) is 0 Å². The van der Waals surface area contributed by atoms with Crippen LogP contribution in [0.2, 0.25) is 0 Å². The Morgan fingerprint density at radius 2 is 1.57 bits per heavy atom. The highest BCUT2D eigenvalue weighted by Crippen LogP contribution is 2.08. The van der Waals surface area contributed by atoms with Crippen molar-refractivity contribution < 1.29 is 29.1 Å². The van der Waals surface area contributed by atoms with Crippen LogP contribution in [0.3, 0.4) is 0 Å². The average molecular weight is 525 g/mol. The summed E-state index contributed by atoms with van der Waals surface area (Å²) in [7, 11) is 0. The zero-order valence-corrected chi connectivity index (χ0v) is 21.4. The van der Waals surface area contributed by atoms with Gasteiger partial charge < -0.3 is 43.2 Å². The standard InChI is InChI=1S/C23H40N8O6/c1-13(2)9-15(25)20(33)29-16(5-3-4-8-24)21(34)30-17(6-7-19(26)32)22(35)31-18(23(36)37)10-14-11-27-12-28-14/h11-13,15-18H,3-10,24-25H2,1-2H3,(H2,26,32)(H,27,28)(H,29,33)(H,30,34)(H,31,35)(H,36,37). The quantitative estimate of drug-likeness (QED) is 0.101. The lowest BCUT2D eigenvalue weighted by Gasteiger charge is -2.25. The number of carbonyl (C=O) groups is 5. The van der Waals surface area contributed by atoms with Crippen molar-refractivity contribution in [3.8, 4) is 0 Å². The highest BCUT2D eigenvalue weighted by Gasteiger charge is 2.30. The van der Waals surface area contributed by atoms with Crippen molar-refractivity contribution in [3.05, 3.63) is 18.2 Å². The fourth-order valence-electron chi connectivity index (χ4n) is 3.57. The molecule has 4 atom stereocenters. The highest BCUT2D eigenvalue weighted by molar-refractivity contribution is 5.94. The van der Waals surface area contributed by atoms with Gasteiger partial charge in [-0.3, -0.25) is 19.2 Å². The van der Waals surface area contributed by atoms with Gasteiger partial charge in [0, 0.05) is 24.7 Å². The summed E-state index contributed by atoms with van der Waals surface area (Å²) in [6.45, 7) is 4.22. The third-order valence-electron chi connectivity index (χ3n) is 5.55. The Kier molecular flexibility index (Phi) is 13.9. The number of nitrogens with two attached hydrogens (primary N) is 3. The molecule has 1 aromatic rings. The third kappa shape index (κ3) is 12.3. The van der Waals surface area contributed by atoms with Gasteiger partial charge in [-0.1, -0.05) is 13.8 Å². The summed E-state index contributed by atoms with van der Waals surface area (Å²) < 4.78 is 0. The number of carboxylic acids is 1. The predicted octanol–water partition coefficient (Wildman–Crippen LogP) is -1.74. The molecule has 0 radical (unpaired) electrons. The molecule has 0 spiro atoms. The van der Waals surface area contributed by atoms with Crippen molar-refractivity contribution in [1.82, 2.24) is 25.9 Å². The van der Waals surface area contributed by atoms with Crippen molar-refractivity contribution in [2.24, 2.45) is 23.1 Å². The number of rotatable bonds is 18. The van der Waals surface area contributed by atoms with Gasteiger partial charge in [-0.05, 0) is 44.6 Å². The zero-order valence-electron chi connectivity index (χ0n) is 21.4. The van der Waals surface area contributed by atoms with E-state index in [1.807, 2.05) is 13.8 Å². The monoisotopic (exact) mass is 524 g/mol. The largest absolute Gasteiger partial charge is 0.480 e. The van der Waals surface area contributed by atoms with E-state index in [2.05, 4.69) is 25.9 Å². The molecular formula is C23H40N8O6. The van der Waals surface area contributed by atoms with Crippen LogP contribution < -0.4 is 33.2 Å². The van der Waals surface area contributed by atoms with E-state index in [4.69, 9.17) is 17.2 Å². The first-order chi connectivity index (χ1) is 17.4. The van der Waals surface area contributed by atoms with E-state index in [1.165, 1.54) is 12.5 Å². The number of hydrogen-bond donors (Lipinski definition) is 8. The van der Waals surface area contributed by atoms with Crippen LogP contribution in [0.15, 0.2) is 12.5 Å². The molecule has 14 nitrogen and oxygen atoms in total. The van der Waals surface area contributed by atoms with E-state index >= 15 is 0 Å². The summed E-state index contributed by atoms with van der Waals surface area (Å²) in [5.41, 5.74) is 17.2. The number of imidazole rings is 1. The van der Waals surface area contributed by atoms with Crippen LogP contribution in [0.4, 0.5) is 0 Å². The van der Waals surface area contributed by atoms with Crippen molar-refractivity contribution in [1.29, 1.82) is 0 Å². The van der Waals surface area contributed by atoms with Gasteiger partial charge in [0.2, 0.25) is 23.6 Å². The molecule has 208 valence electrons. The minimum absolute atomic E-state index is 0.0803. The van der Waals surface area contributed by atoms with Crippen LogP contribution in [0, 0.1) is 5.92 Å². The molecule has 0 aliphatic heterocycles. The first kappa shape index (κ1) is 31.5. The molecule has 4 unspecified atom stereocenters. The molecule has 0 fully saturated rings. The number of unbranched alkanes of at least 4 members (excludes halogenated alkanes) is 1. The minimum Gasteiger partial charge on any atom is -0.480 e. The molecule has 37 heavy (non-hydrogen) atoms. The first-order valence-corrected chi connectivity index (χ1v) is 12.3. The van der Waals surface area contributed by atoms with E-state index in [9.17, 15) is 29.1 Å². The summed E-state index contributed by atoms with van der Waals surface area (Å²) in [5, 5.41) is 17.1. The number of H-pyrrole nitrogens is 1. The van der Waals surface area contributed by atoms with E-state index in [1.54, 1.807) is 0 Å². The van der Waals surface area contributed by atoms with Gasteiger partial charge in [-0.15, -0.1) is 0 Å². The van der Waals surface area contributed by atoms with Gasteiger partial charge in [-0.25, -0.2) is 9.78 Å². The summed E-state index contributed by atoms with van der Waals surface area (Å²) in [4.78, 5) is 68.3. The molecule has 0 saturated heterocycles. The van der Waals surface area contributed by atoms with Crippen molar-refractivity contribution >= 4 is 29.6 Å². The molecule has 0 saturated carbocycles. The molecule has 1 rings (SSSR count). The molecule has 4 amide bonds. The number of nitrogens with one attached hydrogen (secondary N) is 4. The number of amides is 4. The fourth-order valence-corrected chi connectivity index (χ4v) is 3.57. The summed E-state index contributed by atoms with van der Waals surface area (Å²) >= 11 is 0. The first-order valence-electron chi connectivity index (χ1n) is 12.3. The number of aliphatic carboxylic acids is 1. The van der Waals surface area contributed by atoms with Gasteiger partial charge >= 0.3 is 5.97 Å². The van der Waals surface area contributed by atoms with Crippen molar-refractivity contribution in [2.75, 3.05) is 6.54 Å². The molecule has 0 bridgehead atoms. The number of aromatic amines is 1. The third-order valence-corrected chi connectivity index (χ3v) is 5.55. The number of carbonyl (C=O) groups excluding carboxylic acids is 4. The summed E-state index contributed by atoms with van der Waals surface area (Å²) in [6, 6.07) is -4.43. The smallest absolute Gasteiger partial charge is 0.326 e. The molecule has 0 aliphatic carbocycles. The Morgan fingerprint density at radius 3 is 2.08 bits per heavy atom. The Bertz CT molecular complexity index is 892. The topological polar surface area (TPSA) is 248 Å². The van der Waals surface area contributed by atoms with Crippen LogP contribution in [-0.4, -0.2) is 75.4 Å². The molecule has 0 aliphatic rings. The molecule has 1 aromatic heterocycles. The van der Waals surface area contributed by atoms with Gasteiger partial charge in [-0.2, -0.15) is 0 Å². The lowest BCUT2D eigenvalue weighted by Crippen LogP contribution is -2.57. The molecule has 1 heterocycles. The van der Waals surface area contributed by atoms with Crippen molar-refractivity contribution in [3.63, 3.8) is 0 Å². The summed E-state index contributed by atoms with van der Waals surface area (Å²) in [5.74, 6) is -3.83. The number of primary amides is 1. The predicted molar refractivity (Wildman–Crippen MR) is 134 cm³/mol. The van der Waals surface area contributed by atoms with Crippen molar-refractivity contribution in [2.45, 2.75) is 83.0 Å². The second kappa shape index (κ2) is 16.3. The van der Waals surface area contributed by atoms with Crippen LogP contribution in [0.1, 0.15) is 58.1 Å². The maximum absolute atomic E-state index is 13.1. The fraction of sp³-hybridized carbons (Fsp3) is 0.652. The average Bonchev–Trinajstić information content (AvgIpc) is 3.32. The van der Waals surface area contributed by atoms with E-state index < -0.39 is 53.8 Å². The number of aromatic nitrogens is 2. The van der Waals surface area contributed by atoms with Gasteiger partial charge in [0.25, 0.3) is 0 Å². The Labute approximate surface area is 215 Å². The Hall–Kier alpha value is -3.52. The molecule has 0 aromatic carbocycles. The Balaban J connectivity index is 3.00. The lowest BCUT2D eigenvalue weighted by molar-refractivity contribution is -0.142. The second-order valence-electron chi connectivity index (χ2n) is 9.33. The SMILES string of the molecule is CC(C)CC(N)C(=O)NC(CCCCN)C(=O)NC(CCC(N)=O)C(=O)NC(Cc1cnc[nH]1)C(=O)O. The maximum Gasteiger partial charge on any atom is 0.326 e. The summed E-state index contributed by atoms with van der Waals surface area (Å²) in [6.07, 6.45) is 4.10. The van der Waals surface area contributed by atoms with E-state index in [-0.39, 0.29) is 31.6 Å². The van der Waals surface area contributed by atoms with Gasteiger partial charge in [0.05, 0.1) is 12.4 Å². The van der Waals surface area contributed by atoms with Crippen LogP contribution in [0.25, 0.3) is 0 Å².